The molecule has 0 spiro atoms. The average molecular weight is 481 g/mol. The second kappa shape index (κ2) is 9.96. The molecule has 1 amide bonds. The Bertz CT molecular complexity index is 1470. The molecule has 0 radical (unpaired) electrons. The number of carbonyl (C=O) groups excluding carboxylic acids is 1. The lowest BCUT2D eigenvalue weighted by atomic mass is 10.0. The van der Waals surface area contributed by atoms with Crippen LogP contribution in [-0.2, 0) is 4.79 Å². The molecule has 0 saturated heterocycles. The van der Waals surface area contributed by atoms with Crippen molar-refractivity contribution in [3.8, 4) is 16.9 Å². The summed E-state index contributed by atoms with van der Waals surface area (Å²) in [5.74, 6) is -2.36. The van der Waals surface area contributed by atoms with E-state index in [0.29, 0.717) is 28.6 Å². The molecule has 7 nitrogen and oxygen atoms in total. The van der Waals surface area contributed by atoms with Crippen molar-refractivity contribution in [1.82, 2.24) is 19.9 Å². The minimum absolute atomic E-state index is 0.0321. The highest BCUT2D eigenvalue weighted by Gasteiger charge is 2.20. The standard InChI is InChI=1S/C25H22F3N5O2/c1-3-20(34)29-11-12-30-25-31-22(16-8-7-15(26)13-14(16)2)17-9-10-21(35)33(24(17)32-25)23-18(27)5-4-6-19(23)28/h4-10,13H,3,11-12H2,1-2H3,(H,29,34)(H,30,31,32). The maximum Gasteiger partial charge on any atom is 0.256 e. The SMILES string of the molecule is CCC(=O)NCCNc1nc(-c2ccc(F)cc2C)c2ccc(=O)n(-c3c(F)cccc3F)c2n1. The van der Waals surface area contributed by atoms with Gasteiger partial charge in [0.1, 0.15) is 23.1 Å². The molecular weight excluding hydrogens is 459 g/mol. The number of hydrogen-bond donors (Lipinski definition) is 2. The summed E-state index contributed by atoms with van der Waals surface area (Å²) in [4.78, 5) is 33.3. The molecule has 10 heteroatoms. The van der Waals surface area contributed by atoms with Gasteiger partial charge in [0.2, 0.25) is 11.9 Å². The fourth-order valence-electron chi connectivity index (χ4n) is 3.71. The monoisotopic (exact) mass is 481 g/mol. The predicted octanol–water partition coefficient (Wildman–Crippen LogP) is 4.11. The van der Waals surface area contributed by atoms with E-state index in [0.717, 1.165) is 16.7 Å². The summed E-state index contributed by atoms with van der Waals surface area (Å²) in [5, 5.41) is 6.02. The third kappa shape index (κ3) is 4.86. The summed E-state index contributed by atoms with van der Waals surface area (Å²) in [6, 6.07) is 10.1. The van der Waals surface area contributed by atoms with Crippen LogP contribution in [0.1, 0.15) is 18.9 Å². The molecule has 2 heterocycles. The highest BCUT2D eigenvalue weighted by Crippen LogP contribution is 2.31. The van der Waals surface area contributed by atoms with Crippen molar-refractivity contribution in [3.05, 3.63) is 81.9 Å². The van der Waals surface area contributed by atoms with Crippen LogP contribution in [0.15, 0.2) is 53.3 Å². The quantitative estimate of drug-likeness (QED) is 0.388. The van der Waals surface area contributed by atoms with Crippen molar-refractivity contribution in [2.75, 3.05) is 18.4 Å². The number of rotatable bonds is 7. The van der Waals surface area contributed by atoms with E-state index in [9.17, 15) is 22.8 Å². The van der Waals surface area contributed by atoms with E-state index in [1.165, 1.54) is 36.4 Å². The maximum absolute atomic E-state index is 14.7. The zero-order valence-corrected chi connectivity index (χ0v) is 19.0. The fourth-order valence-corrected chi connectivity index (χ4v) is 3.71. The van der Waals surface area contributed by atoms with Crippen LogP contribution in [0, 0.1) is 24.4 Å². The molecule has 0 aliphatic rings. The van der Waals surface area contributed by atoms with Gasteiger partial charge in [-0.1, -0.05) is 13.0 Å². The number of pyridine rings is 1. The summed E-state index contributed by atoms with van der Waals surface area (Å²) in [7, 11) is 0. The number of hydrogen-bond acceptors (Lipinski definition) is 5. The van der Waals surface area contributed by atoms with Gasteiger partial charge < -0.3 is 10.6 Å². The molecule has 4 rings (SSSR count). The number of nitrogens with one attached hydrogen (secondary N) is 2. The van der Waals surface area contributed by atoms with Crippen LogP contribution in [0.4, 0.5) is 19.1 Å². The lowest BCUT2D eigenvalue weighted by Crippen LogP contribution is -2.28. The highest BCUT2D eigenvalue weighted by molar-refractivity contribution is 5.93. The Hall–Kier alpha value is -4.21. The Balaban J connectivity index is 1.94. The van der Waals surface area contributed by atoms with Gasteiger partial charge in [0.15, 0.2) is 5.65 Å². The number of aromatic nitrogens is 3. The molecule has 35 heavy (non-hydrogen) atoms. The number of benzene rings is 2. The van der Waals surface area contributed by atoms with Gasteiger partial charge in [0.25, 0.3) is 5.56 Å². The van der Waals surface area contributed by atoms with Gasteiger partial charge in [0, 0.05) is 36.5 Å². The van der Waals surface area contributed by atoms with E-state index in [-0.39, 0.29) is 30.6 Å². The van der Waals surface area contributed by atoms with Crippen LogP contribution < -0.4 is 16.2 Å². The minimum Gasteiger partial charge on any atom is -0.354 e. The van der Waals surface area contributed by atoms with E-state index >= 15 is 0 Å². The van der Waals surface area contributed by atoms with E-state index in [2.05, 4.69) is 20.6 Å². The molecule has 2 aromatic carbocycles. The lowest BCUT2D eigenvalue weighted by molar-refractivity contribution is -0.120. The van der Waals surface area contributed by atoms with Crippen LogP contribution in [0.25, 0.3) is 28.0 Å². The molecule has 0 atom stereocenters. The number of anilines is 1. The Labute approximate surface area is 198 Å². The number of halogens is 3. The van der Waals surface area contributed by atoms with E-state index < -0.39 is 28.7 Å². The zero-order valence-electron chi connectivity index (χ0n) is 19.0. The molecule has 0 fully saturated rings. The molecule has 0 saturated carbocycles. The predicted molar refractivity (Wildman–Crippen MR) is 127 cm³/mol. The second-order valence-electron chi connectivity index (χ2n) is 7.80. The Morgan fingerprint density at radius 2 is 1.74 bits per heavy atom. The molecule has 0 unspecified atom stereocenters. The van der Waals surface area contributed by atoms with Crippen molar-refractivity contribution in [2.24, 2.45) is 0 Å². The first-order chi connectivity index (χ1) is 16.8. The topological polar surface area (TPSA) is 88.9 Å². The Kier molecular flexibility index (Phi) is 6.81. The van der Waals surface area contributed by atoms with Gasteiger partial charge in [-0.05, 0) is 48.9 Å². The van der Waals surface area contributed by atoms with Gasteiger partial charge in [-0.3, -0.25) is 14.2 Å². The molecular formula is C25H22F3N5O2. The normalized spacial score (nSPS) is 11.0. The summed E-state index contributed by atoms with van der Waals surface area (Å²) >= 11 is 0. The number of carbonyl (C=O) groups is 1. The lowest BCUT2D eigenvalue weighted by Gasteiger charge is -2.16. The Morgan fingerprint density at radius 3 is 2.43 bits per heavy atom. The molecule has 4 aromatic rings. The number of para-hydroxylation sites is 1. The minimum atomic E-state index is -0.936. The average Bonchev–Trinajstić information content (AvgIpc) is 2.82. The number of amides is 1. The summed E-state index contributed by atoms with van der Waals surface area (Å²) < 4.78 is 44.0. The first-order valence-corrected chi connectivity index (χ1v) is 11.0. The highest BCUT2D eigenvalue weighted by atomic mass is 19.1. The summed E-state index contributed by atoms with van der Waals surface area (Å²) in [6.45, 7) is 3.96. The molecule has 0 bridgehead atoms. The van der Waals surface area contributed by atoms with E-state index in [1.54, 1.807) is 13.8 Å². The van der Waals surface area contributed by atoms with Crippen molar-refractivity contribution in [3.63, 3.8) is 0 Å². The van der Waals surface area contributed by atoms with Crippen LogP contribution in [0.2, 0.25) is 0 Å². The van der Waals surface area contributed by atoms with Crippen LogP contribution in [-0.4, -0.2) is 33.5 Å². The molecule has 180 valence electrons. The van der Waals surface area contributed by atoms with Gasteiger partial charge in [-0.15, -0.1) is 0 Å². The van der Waals surface area contributed by atoms with Crippen LogP contribution in [0.3, 0.4) is 0 Å². The smallest absolute Gasteiger partial charge is 0.256 e. The van der Waals surface area contributed by atoms with Crippen LogP contribution in [0.5, 0.6) is 0 Å². The third-order valence-corrected chi connectivity index (χ3v) is 5.41. The van der Waals surface area contributed by atoms with Gasteiger partial charge in [-0.2, -0.15) is 4.98 Å². The van der Waals surface area contributed by atoms with Crippen molar-refractivity contribution in [2.45, 2.75) is 20.3 Å². The maximum atomic E-state index is 14.7. The first-order valence-electron chi connectivity index (χ1n) is 11.0. The Morgan fingerprint density at radius 1 is 1.00 bits per heavy atom. The fraction of sp³-hybridized carbons (Fsp3) is 0.200. The van der Waals surface area contributed by atoms with Crippen molar-refractivity contribution in [1.29, 1.82) is 0 Å². The van der Waals surface area contributed by atoms with Crippen molar-refractivity contribution >= 4 is 22.9 Å². The number of fused-ring (bicyclic) bond motifs is 1. The summed E-state index contributed by atoms with van der Waals surface area (Å²) in [5.41, 5.74) is 0.183. The molecule has 2 aromatic heterocycles. The zero-order chi connectivity index (χ0) is 25.1. The number of aryl methyl sites for hydroxylation is 1. The van der Waals surface area contributed by atoms with E-state index in [4.69, 9.17) is 0 Å². The van der Waals surface area contributed by atoms with Gasteiger partial charge >= 0.3 is 0 Å². The van der Waals surface area contributed by atoms with Gasteiger partial charge in [-0.25, -0.2) is 18.2 Å². The molecule has 0 aliphatic heterocycles. The van der Waals surface area contributed by atoms with Crippen molar-refractivity contribution < 1.29 is 18.0 Å². The van der Waals surface area contributed by atoms with Gasteiger partial charge in [0.05, 0.1) is 5.69 Å². The third-order valence-electron chi connectivity index (χ3n) is 5.41. The summed E-state index contributed by atoms with van der Waals surface area (Å²) in [6.07, 6.45) is 0.334. The second-order valence-corrected chi connectivity index (χ2v) is 7.80. The molecule has 0 aliphatic carbocycles. The molecule has 2 N–H and O–H groups in total. The first kappa shape index (κ1) is 23.9. The largest absolute Gasteiger partial charge is 0.354 e. The van der Waals surface area contributed by atoms with E-state index in [1.807, 2.05) is 0 Å². The number of nitrogens with zero attached hydrogens (tertiary/aromatic N) is 3. The van der Waals surface area contributed by atoms with Crippen LogP contribution >= 0.6 is 0 Å².